The Labute approximate surface area is 122 Å². The van der Waals surface area contributed by atoms with Crippen molar-refractivity contribution in [1.82, 2.24) is 4.90 Å². The molecule has 1 amide bonds. The molecule has 0 aromatic rings. The molecule has 0 aromatic heterocycles. The van der Waals surface area contributed by atoms with Gasteiger partial charge in [0.2, 0.25) is 0 Å². The lowest BCUT2D eigenvalue weighted by Gasteiger charge is -2.42. The molecule has 1 fully saturated rings. The molecule has 0 saturated heterocycles. The van der Waals surface area contributed by atoms with E-state index in [9.17, 15) is 9.90 Å². The standard InChI is InChI=1S/C16H29NO3/c1-12(11-18)5-6-13-7-9-14(10-8-13)17(15(19)20)16(2,3)4/h5,13-14,18H,6-11H2,1-4H3,(H,19,20)/b12-5+. The Morgan fingerprint density at radius 3 is 2.20 bits per heavy atom. The molecule has 4 heteroatoms. The van der Waals surface area contributed by atoms with E-state index >= 15 is 0 Å². The van der Waals surface area contributed by atoms with E-state index in [1.54, 1.807) is 4.90 Å². The topological polar surface area (TPSA) is 60.8 Å². The first-order valence-corrected chi connectivity index (χ1v) is 7.54. The molecule has 1 aliphatic rings. The maximum Gasteiger partial charge on any atom is 0.407 e. The van der Waals surface area contributed by atoms with Crippen molar-refractivity contribution in [1.29, 1.82) is 0 Å². The number of carbonyl (C=O) groups is 1. The second kappa shape index (κ2) is 7.11. The highest BCUT2D eigenvalue weighted by atomic mass is 16.4. The molecule has 1 aliphatic carbocycles. The predicted octanol–water partition coefficient (Wildman–Crippen LogP) is 3.65. The van der Waals surface area contributed by atoms with Gasteiger partial charge < -0.3 is 15.1 Å². The minimum atomic E-state index is -0.808. The minimum Gasteiger partial charge on any atom is -0.465 e. The van der Waals surface area contributed by atoms with Gasteiger partial charge in [0.1, 0.15) is 0 Å². The van der Waals surface area contributed by atoms with E-state index in [4.69, 9.17) is 5.11 Å². The van der Waals surface area contributed by atoms with Gasteiger partial charge in [-0.25, -0.2) is 4.79 Å². The molecule has 0 aromatic carbocycles. The summed E-state index contributed by atoms with van der Waals surface area (Å²) in [5, 5.41) is 18.4. The van der Waals surface area contributed by atoms with Gasteiger partial charge in [0, 0.05) is 11.6 Å². The molecule has 0 aliphatic heterocycles. The summed E-state index contributed by atoms with van der Waals surface area (Å²) in [4.78, 5) is 13.1. The smallest absolute Gasteiger partial charge is 0.407 e. The normalized spacial score (nSPS) is 24.6. The SMILES string of the molecule is C/C(=C\CC1CCC(N(C(=O)O)C(C)(C)C)CC1)CO. The van der Waals surface area contributed by atoms with E-state index in [2.05, 4.69) is 6.08 Å². The van der Waals surface area contributed by atoms with Gasteiger partial charge in [-0.2, -0.15) is 0 Å². The summed E-state index contributed by atoms with van der Waals surface area (Å²) in [7, 11) is 0. The van der Waals surface area contributed by atoms with Gasteiger partial charge >= 0.3 is 6.09 Å². The Morgan fingerprint density at radius 1 is 1.25 bits per heavy atom. The summed E-state index contributed by atoms with van der Waals surface area (Å²) < 4.78 is 0. The Morgan fingerprint density at radius 2 is 1.80 bits per heavy atom. The van der Waals surface area contributed by atoms with Crippen LogP contribution in [0.1, 0.15) is 59.8 Å². The van der Waals surface area contributed by atoms with Crippen molar-refractivity contribution < 1.29 is 15.0 Å². The number of aliphatic hydroxyl groups is 1. The summed E-state index contributed by atoms with van der Waals surface area (Å²) >= 11 is 0. The van der Waals surface area contributed by atoms with Crippen molar-refractivity contribution in [2.45, 2.75) is 71.4 Å². The predicted molar refractivity (Wildman–Crippen MR) is 80.8 cm³/mol. The highest BCUT2D eigenvalue weighted by molar-refractivity contribution is 5.66. The first-order chi connectivity index (χ1) is 9.25. The second-order valence-electron chi connectivity index (χ2n) is 6.94. The van der Waals surface area contributed by atoms with Gasteiger partial charge in [0.05, 0.1) is 6.61 Å². The van der Waals surface area contributed by atoms with Crippen LogP contribution in [0.25, 0.3) is 0 Å². The molecule has 4 nitrogen and oxygen atoms in total. The number of aliphatic hydroxyl groups excluding tert-OH is 1. The molecule has 116 valence electrons. The maximum atomic E-state index is 11.5. The van der Waals surface area contributed by atoms with Crippen LogP contribution in [0.3, 0.4) is 0 Å². The molecule has 0 atom stereocenters. The molecular formula is C16H29NO3. The molecule has 1 rings (SSSR count). The summed E-state index contributed by atoms with van der Waals surface area (Å²) in [6, 6.07) is 0.145. The quantitative estimate of drug-likeness (QED) is 0.774. The van der Waals surface area contributed by atoms with E-state index < -0.39 is 6.09 Å². The molecule has 0 radical (unpaired) electrons. The lowest BCUT2D eigenvalue weighted by Crippen LogP contribution is -2.52. The number of carboxylic acid groups (broad SMARTS) is 1. The van der Waals surface area contributed by atoms with Crippen LogP contribution < -0.4 is 0 Å². The van der Waals surface area contributed by atoms with Gasteiger partial charge in [0.25, 0.3) is 0 Å². The summed E-state index contributed by atoms with van der Waals surface area (Å²) in [6.45, 7) is 7.95. The third kappa shape index (κ3) is 4.82. The van der Waals surface area contributed by atoms with E-state index in [0.29, 0.717) is 5.92 Å². The summed E-state index contributed by atoms with van der Waals surface area (Å²) in [6.07, 6.45) is 6.34. The zero-order valence-corrected chi connectivity index (χ0v) is 13.2. The number of nitrogens with zero attached hydrogens (tertiary/aromatic N) is 1. The highest BCUT2D eigenvalue weighted by Gasteiger charge is 2.35. The summed E-state index contributed by atoms with van der Waals surface area (Å²) in [5.41, 5.74) is 0.686. The monoisotopic (exact) mass is 283 g/mol. The van der Waals surface area contributed by atoms with Crippen molar-refractivity contribution in [3.8, 4) is 0 Å². The van der Waals surface area contributed by atoms with Crippen LogP contribution in [0.4, 0.5) is 4.79 Å². The highest BCUT2D eigenvalue weighted by Crippen LogP contribution is 2.33. The van der Waals surface area contributed by atoms with Gasteiger partial charge in [-0.1, -0.05) is 11.6 Å². The first kappa shape index (κ1) is 17.0. The van der Waals surface area contributed by atoms with Gasteiger partial charge in [-0.15, -0.1) is 0 Å². The van der Waals surface area contributed by atoms with Crippen molar-refractivity contribution in [3.63, 3.8) is 0 Å². The fraction of sp³-hybridized carbons (Fsp3) is 0.812. The Kier molecular flexibility index (Phi) is 6.06. The molecule has 1 saturated carbocycles. The van der Waals surface area contributed by atoms with E-state index in [1.165, 1.54) is 0 Å². The van der Waals surface area contributed by atoms with Crippen LogP contribution in [0.5, 0.6) is 0 Å². The lowest BCUT2D eigenvalue weighted by molar-refractivity contribution is 0.0505. The van der Waals surface area contributed by atoms with Crippen LogP contribution in [-0.4, -0.2) is 39.4 Å². The lowest BCUT2D eigenvalue weighted by atomic mass is 9.82. The number of allylic oxidation sites excluding steroid dienone is 1. The van der Waals surface area contributed by atoms with Crippen LogP contribution in [0.2, 0.25) is 0 Å². The first-order valence-electron chi connectivity index (χ1n) is 7.54. The molecule has 20 heavy (non-hydrogen) atoms. The zero-order valence-electron chi connectivity index (χ0n) is 13.2. The number of rotatable bonds is 4. The number of amides is 1. The fourth-order valence-electron chi connectivity index (χ4n) is 3.06. The van der Waals surface area contributed by atoms with E-state index in [-0.39, 0.29) is 18.2 Å². The average Bonchev–Trinajstić information content (AvgIpc) is 2.35. The van der Waals surface area contributed by atoms with Crippen molar-refractivity contribution in [2.24, 2.45) is 5.92 Å². The Hall–Kier alpha value is -1.03. The Balaban J connectivity index is 2.54. The van der Waals surface area contributed by atoms with Gasteiger partial charge in [0.15, 0.2) is 0 Å². The molecular weight excluding hydrogens is 254 g/mol. The number of hydrogen-bond acceptors (Lipinski definition) is 2. The molecule has 0 heterocycles. The zero-order chi connectivity index (χ0) is 15.3. The third-order valence-corrected chi connectivity index (χ3v) is 4.16. The fourth-order valence-corrected chi connectivity index (χ4v) is 3.06. The van der Waals surface area contributed by atoms with Crippen molar-refractivity contribution >= 4 is 6.09 Å². The van der Waals surface area contributed by atoms with Gasteiger partial charge in [-0.3, -0.25) is 0 Å². The maximum absolute atomic E-state index is 11.5. The van der Waals surface area contributed by atoms with Crippen LogP contribution in [0.15, 0.2) is 11.6 Å². The minimum absolute atomic E-state index is 0.131. The van der Waals surface area contributed by atoms with Crippen LogP contribution in [-0.2, 0) is 0 Å². The molecule has 0 bridgehead atoms. The van der Waals surface area contributed by atoms with Crippen LogP contribution >= 0.6 is 0 Å². The van der Waals surface area contributed by atoms with E-state index in [0.717, 1.165) is 37.7 Å². The second-order valence-corrected chi connectivity index (χ2v) is 6.94. The molecule has 0 unspecified atom stereocenters. The van der Waals surface area contributed by atoms with Crippen LogP contribution in [0, 0.1) is 5.92 Å². The average molecular weight is 283 g/mol. The van der Waals surface area contributed by atoms with Crippen molar-refractivity contribution in [2.75, 3.05) is 6.61 Å². The third-order valence-electron chi connectivity index (χ3n) is 4.16. The molecule has 2 N–H and O–H groups in total. The molecule has 0 spiro atoms. The Bertz CT molecular complexity index is 349. The van der Waals surface area contributed by atoms with Crippen molar-refractivity contribution in [3.05, 3.63) is 11.6 Å². The summed E-state index contributed by atoms with van der Waals surface area (Å²) in [5.74, 6) is 0.628. The van der Waals surface area contributed by atoms with E-state index in [1.807, 2.05) is 27.7 Å². The largest absolute Gasteiger partial charge is 0.465 e. The number of hydrogen-bond donors (Lipinski definition) is 2. The van der Waals surface area contributed by atoms with Gasteiger partial charge in [-0.05, 0) is 65.7 Å².